The molecule has 2 fully saturated rings. The number of carbonyl (C=O) groups is 5. The molecule has 11 nitrogen and oxygen atoms in total. The van der Waals surface area contributed by atoms with Crippen LogP contribution in [0.4, 0.5) is 0 Å². The van der Waals surface area contributed by atoms with E-state index in [0.29, 0.717) is 6.42 Å². The van der Waals surface area contributed by atoms with Gasteiger partial charge in [0, 0.05) is 12.0 Å². The van der Waals surface area contributed by atoms with E-state index in [1.54, 1.807) is 14.1 Å². The summed E-state index contributed by atoms with van der Waals surface area (Å²) < 4.78 is 5.31. The molecule has 11 heteroatoms. The molecule has 3 aliphatic carbocycles. The largest absolute Gasteiger partial charge is 0.507 e. The minimum Gasteiger partial charge on any atom is -0.507 e. The molecule has 1 aromatic rings. The Balaban J connectivity index is 1.80. The Labute approximate surface area is 213 Å². The van der Waals surface area contributed by atoms with Crippen molar-refractivity contribution in [3.05, 3.63) is 28.8 Å². The molecule has 1 amide bonds. The van der Waals surface area contributed by atoms with Gasteiger partial charge in [0.15, 0.2) is 23.0 Å². The van der Waals surface area contributed by atoms with E-state index < -0.39 is 76.4 Å². The smallest absolute Gasteiger partial charge is 0.338 e. The first-order valence-corrected chi connectivity index (χ1v) is 12.4. The third-order valence-corrected chi connectivity index (χ3v) is 8.12. The fraction of sp³-hybridized carbons (Fsp3) is 0.577. The monoisotopic (exact) mass is 516 g/mol. The molecule has 0 spiro atoms. The van der Waals surface area contributed by atoms with Crippen molar-refractivity contribution in [3.8, 4) is 5.75 Å². The fourth-order valence-electron chi connectivity index (χ4n) is 6.40. The number of rotatable bonds is 6. The molecule has 4 unspecified atom stereocenters. The highest BCUT2D eigenvalue weighted by Gasteiger charge is 2.69. The molecule has 3 aliphatic rings. The molecule has 0 aromatic heterocycles. The first-order valence-electron chi connectivity index (χ1n) is 12.4. The minimum atomic E-state index is -2.73. The normalized spacial score (nSPS) is 33.0. The number of fused-ring (bicyclic) bond motifs is 3. The first kappa shape index (κ1) is 26.9. The Morgan fingerprint density at radius 1 is 1.19 bits per heavy atom. The predicted molar refractivity (Wildman–Crippen MR) is 128 cm³/mol. The number of esters is 1. The van der Waals surface area contributed by atoms with Crippen LogP contribution in [-0.4, -0.2) is 87.9 Å². The molecule has 0 aliphatic heterocycles. The standard InChI is InChI=1S/C26H32N2O9/c1-4-5-8-37-25(35)12-6-7-15(29)17-13(12)9-11-10-14-19(28(2)3)21(31)18(24(27)34)23(33)26(14,36)22(32)16(11)20(17)30/h6-7,11,14,16,18-19,21,29,31,36H,4-5,8-10H2,1-3H3,(H2,27,34)/t11-,14-,16?,18?,19?,21?,26-/m1/s1. The number of benzene rings is 1. The molecule has 200 valence electrons. The molecule has 7 atom stereocenters. The maximum absolute atomic E-state index is 13.8. The fourth-order valence-corrected chi connectivity index (χ4v) is 6.40. The first-order chi connectivity index (χ1) is 17.4. The number of hydrogen-bond donors (Lipinski definition) is 4. The zero-order valence-electron chi connectivity index (χ0n) is 21.0. The molecule has 0 radical (unpaired) electrons. The van der Waals surface area contributed by atoms with Crippen LogP contribution in [0.15, 0.2) is 12.1 Å². The van der Waals surface area contributed by atoms with Crippen molar-refractivity contribution in [2.75, 3.05) is 20.7 Å². The number of ether oxygens (including phenoxy) is 1. The van der Waals surface area contributed by atoms with E-state index >= 15 is 0 Å². The van der Waals surface area contributed by atoms with E-state index in [1.165, 1.54) is 17.0 Å². The number of phenolic OH excluding ortho intramolecular Hbond substituents is 1. The van der Waals surface area contributed by atoms with Crippen LogP contribution >= 0.6 is 0 Å². The van der Waals surface area contributed by atoms with Gasteiger partial charge in [-0.3, -0.25) is 19.2 Å². The number of phenols is 1. The van der Waals surface area contributed by atoms with Crippen LogP contribution in [0.1, 0.15) is 52.5 Å². The van der Waals surface area contributed by atoms with Gasteiger partial charge in [-0.15, -0.1) is 0 Å². The average Bonchev–Trinajstić information content (AvgIpc) is 2.81. The number of aromatic hydroxyl groups is 1. The number of nitrogens with zero attached hydrogens (tertiary/aromatic N) is 1. The molecular weight excluding hydrogens is 484 g/mol. The summed E-state index contributed by atoms with van der Waals surface area (Å²) >= 11 is 0. The Morgan fingerprint density at radius 2 is 1.86 bits per heavy atom. The molecule has 5 N–H and O–H groups in total. The van der Waals surface area contributed by atoms with Crippen LogP contribution in [0, 0.1) is 23.7 Å². The Hall–Kier alpha value is -3.15. The molecule has 0 bridgehead atoms. The van der Waals surface area contributed by atoms with E-state index in [-0.39, 0.29) is 36.1 Å². The van der Waals surface area contributed by atoms with E-state index in [1.807, 2.05) is 6.92 Å². The molecule has 37 heavy (non-hydrogen) atoms. The lowest BCUT2D eigenvalue weighted by Crippen LogP contribution is -2.75. The third-order valence-electron chi connectivity index (χ3n) is 8.12. The number of aliphatic hydroxyl groups is 2. The second-order valence-electron chi connectivity index (χ2n) is 10.4. The van der Waals surface area contributed by atoms with E-state index in [9.17, 15) is 39.3 Å². The number of aliphatic hydroxyl groups excluding tert-OH is 1. The minimum absolute atomic E-state index is 0.0281. The van der Waals surface area contributed by atoms with Crippen LogP contribution in [0.2, 0.25) is 0 Å². The predicted octanol–water partition coefficient (Wildman–Crippen LogP) is -0.384. The SMILES string of the molecule is CCCCOC(=O)c1ccc(O)c2c1C[C@@H]1C[C@@H]3C(N(C)C)C(O)C(C(N)=O)C(=O)[C@]3(O)C(=O)C1C2=O. The Bertz CT molecular complexity index is 1180. The van der Waals surface area contributed by atoms with Gasteiger partial charge in [0.1, 0.15) is 11.7 Å². The average molecular weight is 517 g/mol. The number of ketones is 3. The summed E-state index contributed by atoms with van der Waals surface area (Å²) in [5, 5.41) is 33.0. The zero-order chi connectivity index (χ0) is 27.4. The maximum Gasteiger partial charge on any atom is 0.338 e. The summed E-state index contributed by atoms with van der Waals surface area (Å²) in [6, 6.07) is 1.54. The molecule has 0 heterocycles. The van der Waals surface area contributed by atoms with Gasteiger partial charge in [0.2, 0.25) is 5.91 Å². The molecule has 2 saturated carbocycles. The van der Waals surface area contributed by atoms with Crippen LogP contribution in [0.25, 0.3) is 0 Å². The van der Waals surface area contributed by atoms with Crippen LogP contribution in [0.5, 0.6) is 5.75 Å². The summed E-state index contributed by atoms with van der Waals surface area (Å²) in [4.78, 5) is 67.1. The molecule has 0 saturated heterocycles. The lowest BCUT2D eigenvalue weighted by atomic mass is 9.52. The Morgan fingerprint density at radius 3 is 2.46 bits per heavy atom. The Kier molecular flexibility index (Phi) is 7.00. The van der Waals surface area contributed by atoms with Gasteiger partial charge in [-0.2, -0.15) is 0 Å². The number of primary amides is 1. The summed E-state index contributed by atoms with van der Waals surface area (Å²) in [7, 11) is 3.14. The summed E-state index contributed by atoms with van der Waals surface area (Å²) in [5.74, 6) is -10.6. The van der Waals surface area contributed by atoms with Crippen molar-refractivity contribution >= 4 is 29.2 Å². The molecule has 4 rings (SSSR count). The highest BCUT2D eigenvalue weighted by atomic mass is 16.5. The van der Waals surface area contributed by atoms with Crippen LogP contribution < -0.4 is 5.73 Å². The van der Waals surface area contributed by atoms with Crippen LogP contribution in [-0.2, 0) is 25.5 Å². The van der Waals surface area contributed by atoms with Gasteiger partial charge in [-0.25, -0.2) is 4.79 Å². The van der Waals surface area contributed by atoms with Gasteiger partial charge in [-0.05, 0) is 57.0 Å². The quantitative estimate of drug-likeness (QED) is 0.221. The number of hydrogen-bond acceptors (Lipinski definition) is 10. The van der Waals surface area contributed by atoms with Crippen molar-refractivity contribution in [2.45, 2.75) is 50.4 Å². The third kappa shape index (κ3) is 3.96. The number of Topliss-reactive ketones (excluding diaryl/α,β-unsaturated/α-hetero) is 3. The second-order valence-corrected chi connectivity index (χ2v) is 10.4. The van der Waals surface area contributed by atoms with Gasteiger partial charge in [0.05, 0.1) is 29.8 Å². The number of likely N-dealkylation sites (N-methyl/N-ethyl adjacent to an activating group) is 1. The lowest BCUT2D eigenvalue weighted by Gasteiger charge is -2.54. The highest BCUT2D eigenvalue weighted by Crippen LogP contribution is 2.51. The lowest BCUT2D eigenvalue weighted by molar-refractivity contribution is -0.190. The number of amides is 1. The maximum atomic E-state index is 13.8. The van der Waals surface area contributed by atoms with Crippen molar-refractivity contribution < 1.29 is 44.0 Å². The van der Waals surface area contributed by atoms with Gasteiger partial charge < -0.3 is 30.7 Å². The van der Waals surface area contributed by atoms with Gasteiger partial charge in [0.25, 0.3) is 0 Å². The number of nitrogens with two attached hydrogens (primary N) is 1. The number of unbranched alkanes of at least 4 members (excludes halogenated alkanes) is 1. The second kappa shape index (κ2) is 9.62. The van der Waals surface area contributed by atoms with Gasteiger partial charge >= 0.3 is 5.97 Å². The molecular formula is C26H32N2O9. The number of carbonyl (C=O) groups excluding carboxylic acids is 5. The highest BCUT2D eigenvalue weighted by molar-refractivity contribution is 6.25. The summed E-state index contributed by atoms with van der Waals surface area (Å²) in [6.45, 7) is 2.13. The van der Waals surface area contributed by atoms with Crippen molar-refractivity contribution in [1.82, 2.24) is 4.90 Å². The van der Waals surface area contributed by atoms with Crippen molar-refractivity contribution in [1.29, 1.82) is 0 Å². The van der Waals surface area contributed by atoms with E-state index in [2.05, 4.69) is 0 Å². The van der Waals surface area contributed by atoms with Crippen molar-refractivity contribution in [3.63, 3.8) is 0 Å². The molecule has 1 aromatic carbocycles. The van der Waals surface area contributed by atoms with E-state index in [0.717, 1.165) is 6.42 Å². The summed E-state index contributed by atoms with van der Waals surface area (Å²) in [5.41, 5.74) is 2.75. The van der Waals surface area contributed by atoms with Crippen molar-refractivity contribution in [2.24, 2.45) is 29.4 Å². The zero-order valence-corrected chi connectivity index (χ0v) is 21.0. The van der Waals surface area contributed by atoms with Gasteiger partial charge in [-0.1, -0.05) is 13.3 Å². The topological polar surface area (TPSA) is 185 Å². The van der Waals surface area contributed by atoms with E-state index in [4.69, 9.17) is 10.5 Å². The summed E-state index contributed by atoms with van der Waals surface area (Å²) in [6.07, 6.45) is -0.118. The van der Waals surface area contributed by atoms with Crippen LogP contribution in [0.3, 0.4) is 0 Å².